The number of hydrogen-bond acceptors (Lipinski definition) is 3. The summed E-state index contributed by atoms with van der Waals surface area (Å²) in [4.78, 5) is 14.0. The average Bonchev–Trinajstić information content (AvgIpc) is 2.30. The number of alkyl carbamates (subject to hydrolysis) is 1. The van der Waals surface area contributed by atoms with E-state index >= 15 is 0 Å². The summed E-state index contributed by atoms with van der Waals surface area (Å²) in [5.74, 6) is 0. The van der Waals surface area contributed by atoms with Crippen molar-refractivity contribution in [2.75, 3.05) is 13.1 Å². The highest BCUT2D eigenvalue weighted by Crippen LogP contribution is 2.20. The molecular formula is C15H22N2O2. The van der Waals surface area contributed by atoms with Crippen LogP contribution in [-0.2, 0) is 11.3 Å². The molecule has 4 nitrogen and oxygen atoms in total. The maximum absolute atomic E-state index is 11.6. The molecule has 0 unspecified atom stereocenters. The van der Waals surface area contributed by atoms with Crippen LogP contribution < -0.4 is 5.32 Å². The third-order valence-electron chi connectivity index (χ3n) is 3.36. The minimum Gasteiger partial charge on any atom is -0.445 e. The molecule has 2 rings (SSSR count). The molecule has 0 atom stereocenters. The van der Waals surface area contributed by atoms with Crippen LogP contribution >= 0.6 is 0 Å². The Bertz CT molecular complexity index is 420. The van der Waals surface area contributed by atoms with E-state index in [1.807, 2.05) is 30.3 Å². The zero-order chi connectivity index (χ0) is 13.9. The minimum absolute atomic E-state index is 0.173. The van der Waals surface area contributed by atoms with Gasteiger partial charge in [0.15, 0.2) is 0 Å². The number of nitrogens with one attached hydrogen (secondary N) is 1. The van der Waals surface area contributed by atoms with Crippen molar-refractivity contribution in [1.82, 2.24) is 10.2 Å². The van der Waals surface area contributed by atoms with Gasteiger partial charge in [0.25, 0.3) is 0 Å². The van der Waals surface area contributed by atoms with Crippen LogP contribution in [0.3, 0.4) is 0 Å². The lowest BCUT2D eigenvalue weighted by atomic mass is 9.98. The lowest BCUT2D eigenvalue weighted by Crippen LogP contribution is -2.64. The molecule has 0 bridgehead atoms. The van der Waals surface area contributed by atoms with Crippen LogP contribution in [0.15, 0.2) is 30.3 Å². The number of benzene rings is 1. The molecule has 1 saturated heterocycles. The van der Waals surface area contributed by atoms with Crippen LogP contribution in [0.5, 0.6) is 0 Å². The summed E-state index contributed by atoms with van der Waals surface area (Å²) in [5, 5.41) is 2.89. The first-order chi connectivity index (χ1) is 8.95. The molecule has 1 aliphatic heterocycles. The van der Waals surface area contributed by atoms with Crippen molar-refractivity contribution >= 4 is 6.09 Å². The number of rotatable bonds is 3. The zero-order valence-electron chi connectivity index (χ0n) is 11.8. The van der Waals surface area contributed by atoms with Gasteiger partial charge in [0, 0.05) is 18.6 Å². The highest BCUT2D eigenvalue weighted by molar-refractivity contribution is 5.67. The van der Waals surface area contributed by atoms with Gasteiger partial charge < -0.3 is 10.1 Å². The smallest absolute Gasteiger partial charge is 0.407 e. The molecule has 0 radical (unpaired) electrons. The Morgan fingerprint density at radius 2 is 1.95 bits per heavy atom. The molecule has 19 heavy (non-hydrogen) atoms. The van der Waals surface area contributed by atoms with Crippen molar-refractivity contribution < 1.29 is 9.53 Å². The standard InChI is InChI=1S/C15H22N2O2/c1-15(2,3)17-9-13(10-17)16-14(18)19-11-12-7-5-4-6-8-12/h4-8,13H,9-11H2,1-3H3,(H,16,18). The van der Waals surface area contributed by atoms with Gasteiger partial charge in [0.1, 0.15) is 6.61 Å². The first-order valence-electron chi connectivity index (χ1n) is 6.67. The number of nitrogens with zero attached hydrogens (tertiary/aromatic N) is 1. The van der Waals surface area contributed by atoms with Gasteiger partial charge in [-0.1, -0.05) is 30.3 Å². The summed E-state index contributed by atoms with van der Waals surface area (Å²) >= 11 is 0. The van der Waals surface area contributed by atoms with Gasteiger partial charge in [-0.2, -0.15) is 0 Å². The maximum atomic E-state index is 11.6. The summed E-state index contributed by atoms with van der Waals surface area (Å²) in [6.07, 6.45) is -0.331. The van der Waals surface area contributed by atoms with E-state index in [0.29, 0.717) is 6.61 Å². The highest BCUT2D eigenvalue weighted by atomic mass is 16.5. The summed E-state index contributed by atoms with van der Waals surface area (Å²) in [6.45, 7) is 8.64. The largest absolute Gasteiger partial charge is 0.445 e. The Hall–Kier alpha value is -1.55. The first kappa shape index (κ1) is 13.9. The van der Waals surface area contributed by atoms with Crippen molar-refractivity contribution in [3.8, 4) is 0 Å². The van der Waals surface area contributed by atoms with Crippen LogP contribution in [0.4, 0.5) is 4.79 Å². The van der Waals surface area contributed by atoms with E-state index in [1.165, 1.54) is 0 Å². The highest BCUT2D eigenvalue weighted by Gasteiger charge is 2.35. The predicted molar refractivity (Wildman–Crippen MR) is 74.9 cm³/mol. The zero-order valence-corrected chi connectivity index (χ0v) is 11.8. The van der Waals surface area contributed by atoms with Crippen molar-refractivity contribution in [3.63, 3.8) is 0 Å². The van der Waals surface area contributed by atoms with Gasteiger partial charge in [-0.25, -0.2) is 4.79 Å². The molecule has 1 heterocycles. The van der Waals surface area contributed by atoms with Crippen molar-refractivity contribution in [2.24, 2.45) is 0 Å². The Morgan fingerprint density at radius 1 is 1.32 bits per heavy atom. The maximum Gasteiger partial charge on any atom is 0.407 e. The van der Waals surface area contributed by atoms with Gasteiger partial charge >= 0.3 is 6.09 Å². The molecule has 0 aliphatic carbocycles. The molecule has 104 valence electrons. The first-order valence-corrected chi connectivity index (χ1v) is 6.67. The fourth-order valence-corrected chi connectivity index (χ4v) is 2.05. The van der Waals surface area contributed by atoms with Gasteiger partial charge in [-0.3, -0.25) is 4.90 Å². The number of hydrogen-bond donors (Lipinski definition) is 1. The summed E-state index contributed by atoms with van der Waals surface area (Å²) < 4.78 is 5.19. The Morgan fingerprint density at radius 3 is 2.53 bits per heavy atom. The second-order valence-corrected chi connectivity index (χ2v) is 5.98. The molecule has 0 spiro atoms. The molecule has 1 N–H and O–H groups in total. The van der Waals surface area contributed by atoms with E-state index in [4.69, 9.17) is 4.74 Å². The Balaban J connectivity index is 1.67. The topological polar surface area (TPSA) is 41.6 Å². The summed E-state index contributed by atoms with van der Waals surface area (Å²) in [7, 11) is 0. The number of carbonyl (C=O) groups is 1. The lowest BCUT2D eigenvalue weighted by molar-refractivity contribution is 0.0317. The molecule has 0 saturated carbocycles. The Kier molecular flexibility index (Phi) is 4.10. The normalized spacial score (nSPS) is 16.8. The van der Waals surface area contributed by atoms with E-state index in [9.17, 15) is 4.79 Å². The summed E-state index contributed by atoms with van der Waals surface area (Å²) in [5.41, 5.74) is 1.18. The molecule has 1 aromatic rings. The van der Waals surface area contributed by atoms with E-state index in [1.54, 1.807) is 0 Å². The number of carbonyl (C=O) groups excluding carboxylic acids is 1. The fraction of sp³-hybridized carbons (Fsp3) is 0.533. The Labute approximate surface area is 114 Å². The van der Waals surface area contributed by atoms with E-state index in [-0.39, 0.29) is 17.7 Å². The van der Waals surface area contributed by atoms with Crippen LogP contribution in [-0.4, -0.2) is 35.7 Å². The van der Waals surface area contributed by atoms with Crippen LogP contribution in [0.1, 0.15) is 26.3 Å². The fourth-order valence-electron chi connectivity index (χ4n) is 2.05. The van der Waals surface area contributed by atoms with Crippen molar-refractivity contribution in [3.05, 3.63) is 35.9 Å². The number of amides is 1. The molecule has 0 aromatic heterocycles. The third kappa shape index (κ3) is 3.96. The molecule has 4 heteroatoms. The van der Waals surface area contributed by atoms with E-state index < -0.39 is 0 Å². The van der Waals surface area contributed by atoms with Gasteiger partial charge in [0.2, 0.25) is 0 Å². The molecule has 1 amide bonds. The summed E-state index contributed by atoms with van der Waals surface area (Å²) in [6, 6.07) is 9.91. The SMILES string of the molecule is CC(C)(C)N1CC(NC(=O)OCc2ccccc2)C1. The van der Waals surface area contributed by atoms with E-state index in [2.05, 4.69) is 31.0 Å². The molecular weight excluding hydrogens is 240 g/mol. The quantitative estimate of drug-likeness (QED) is 0.909. The van der Waals surface area contributed by atoms with Crippen molar-refractivity contribution in [1.29, 1.82) is 0 Å². The second-order valence-electron chi connectivity index (χ2n) is 5.98. The molecule has 1 aromatic carbocycles. The van der Waals surface area contributed by atoms with Gasteiger partial charge in [-0.05, 0) is 26.3 Å². The minimum atomic E-state index is -0.331. The lowest BCUT2D eigenvalue weighted by Gasteiger charge is -2.47. The van der Waals surface area contributed by atoms with Crippen LogP contribution in [0.2, 0.25) is 0 Å². The third-order valence-corrected chi connectivity index (χ3v) is 3.36. The number of likely N-dealkylation sites (tertiary alicyclic amines) is 1. The monoisotopic (exact) mass is 262 g/mol. The van der Waals surface area contributed by atoms with Gasteiger partial charge in [-0.15, -0.1) is 0 Å². The number of ether oxygens (including phenoxy) is 1. The van der Waals surface area contributed by atoms with Crippen molar-refractivity contribution in [2.45, 2.75) is 39.0 Å². The predicted octanol–water partition coefficient (Wildman–Crippen LogP) is 2.40. The molecule has 1 fully saturated rings. The van der Waals surface area contributed by atoms with Crippen LogP contribution in [0, 0.1) is 0 Å². The second kappa shape index (κ2) is 5.61. The van der Waals surface area contributed by atoms with Crippen LogP contribution in [0.25, 0.3) is 0 Å². The van der Waals surface area contributed by atoms with E-state index in [0.717, 1.165) is 18.7 Å². The van der Waals surface area contributed by atoms with Gasteiger partial charge in [0.05, 0.1) is 6.04 Å². The molecule has 1 aliphatic rings. The average molecular weight is 262 g/mol.